The molecule has 27 heteroatoms. The second kappa shape index (κ2) is 17.7. The normalized spacial score (nSPS) is 21.4. The summed E-state index contributed by atoms with van der Waals surface area (Å²) in [4.78, 5) is 38.6. The minimum absolute atomic E-state index is 0.597. The second-order valence-corrected chi connectivity index (χ2v) is 11.5. The van der Waals surface area contributed by atoms with Crippen molar-refractivity contribution in [2.75, 3.05) is 26.4 Å². The van der Waals surface area contributed by atoms with Crippen molar-refractivity contribution in [1.29, 1.82) is 0 Å². The van der Waals surface area contributed by atoms with Gasteiger partial charge in [-0.15, -0.1) is 0 Å². The molecule has 1 unspecified atom stereocenters. The molecule has 3 aromatic carbocycles. The van der Waals surface area contributed by atoms with E-state index in [0.717, 1.165) is 0 Å². The highest BCUT2D eigenvalue weighted by molar-refractivity contribution is 5.73. The monoisotopic (exact) mass is 878 g/mol. The molecule has 2 heterocycles. The minimum Gasteiger partial charge on any atom is -0.476 e. The van der Waals surface area contributed by atoms with Gasteiger partial charge in [-0.3, -0.25) is 0 Å². The number of halogens is 15. The second-order valence-electron chi connectivity index (χ2n) is 11.5. The molecule has 0 amide bonds. The van der Waals surface area contributed by atoms with Crippen molar-refractivity contribution < 1.29 is 123 Å². The van der Waals surface area contributed by atoms with E-state index in [1.807, 2.05) is 0 Å². The Balaban J connectivity index is 1.43. The first kappa shape index (κ1) is 44.4. The highest BCUT2D eigenvalue weighted by atomic mass is 19.2. The molecule has 59 heavy (non-hydrogen) atoms. The summed E-state index contributed by atoms with van der Waals surface area (Å²) in [5.74, 6) is -49.9. The van der Waals surface area contributed by atoms with Gasteiger partial charge in [0.05, 0.1) is 6.61 Å². The number of fused-ring (bicyclic) bond motifs is 1. The van der Waals surface area contributed by atoms with E-state index < -0.39 is 186 Å². The first-order valence-corrected chi connectivity index (χ1v) is 15.6. The molecule has 0 N–H and O–H groups in total. The summed E-state index contributed by atoms with van der Waals surface area (Å²) in [6.45, 7) is -4.66. The number of hydrogen-bond acceptors (Lipinski definition) is 12. The highest BCUT2D eigenvalue weighted by Crippen LogP contribution is 2.35. The Hall–Kier alpha value is -5.70. The molecule has 0 aromatic heterocycles. The van der Waals surface area contributed by atoms with Crippen molar-refractivity contribution in [3.05, 3.63) is 87.3 Å². The average Bonchev–Trinajstić information content (AvgIpc) is 3.20. The van der Waals surface area contributed by atoms with Crippen molar-refractivity contribution in [2.45, 2.75) is 43.9 Å². The molecule has 0 bridgehead atoms. The zero-order valence-electron chi connectivity index (χ0n) is 28.4. The first-order chi connectivity index (χ1) is 27.7. The van der Waals surface area contributed by atoms with Crippen LogP contribution < -0.4 is 14.2 Å². The summed E-state index contributed by atoms with van der Waals surface area (Å²) >= 11 is 0. The van der Waals surface area contributed by atoms with Gasteiger partial charge in [-0.05, 0) is 6.92 Å². The fourth-order valence-corrected chi connectivity index (χ4v) is 5.09. The standard InChI is InChI=1S/C32H17F15O12/c1-6-51-2-7-26(55-6)30(57-8(48)3-52-27-20(42)14(36)11(33)15(37)21(27)43)31(58-9(49)4-53-28-22(44)16(38)12(34)17(39)23(28)45)32(56-7)59-10(50)5-54-29-24(46)18(40)13(35)19(41)25(29)47/h6-7,26,30-32H,2-5H2,1H3/t6-,7-,26-,30+,31-,32?/m1/s1. The van der Waals surface area contributed by atoms with Crippen molar-refractivity contribution in [1.82, 2.24) is 0 Å². The van der Waals surface area contributed by atoms with Gasteiger partial charge in [-0.25, -0.2) is 53.9 Å². The van der Waals surface area contributed by atoms with E-state index in [4.69, 9.17) is 28.4 Å². The molecule has 2 aliphatic rings. The molecule has 12 nitrogen and oxygen atoms in total. The third-order valence-electron chi connectivity index (χ3n) is 7.73. The maximum absolute atomic E-state index is 14.2. The molecule has 3 aromatic rings. The number of benzene rings is 3. The van der Waals surface area contributed by atoms with Crippen LogP contribution in [0, 0.1) is 87.3 Å². The number of esters is 3. The van der Waals surface area contributed by atoms with E-state index in [0.29, 0.717) is 0 Å². The van der Waals surface area contributed by atoms with Crippen LogP contribution in [0.1, 0.15) is 6.92 Å². The molecule has 0 radical (unpaired) electrons. The fourth-order valence-electron chi connectivity index (χ4n) is 5.09. The molecule has 2 aliphatic heterocycles. The third-order valence-corrected chi connectivity index (χ3v) is 7.73. The molecule has 2 fully saturated rings. The third kappa shape index (κ3) is 8.85. The van der Waals surface area contributed by atoms with Crippen LogP contribution in [0.5, 0.6) is 17.2 Å². The van der Waals surface area contributed by atoms with Crippen LogP contribution in [0.3, 0.4) is 0 Å². The van der Waals surface area contributed by atoms with E-state index in [1.165, 1.54) is 6.92 Å². The van der Waals surface area contributed by atoms with Crippen LogP contribution in [0.4, 0.5) is 65.9 Å². The molecule has 0 saturated carbocycles. The van der Waals surface area contributed by atoms with Gasteiger partial charge in [0, 0.05) is 0 Å². The highest BCUT2D eigenvalue weighted by Gasteiger charge is 2.55. The Bertz CT molecular complexity index is 2090. The molecular weight excluding hydrogens is 861 g/mol. The average molecular weight is 878 g/mol. The van der Waals surface area contributed by atoms with E-state index in [2.05, 4.69) is 14.2 Å². The Labute approximate surface area is 316 Å². The quantitative estimate of drug-likeness (QED) is 0.0783. The van der Waals surface area contributed by atoms with Crippen LogP contribution in [0.25, 0.3) is 0 Å². The van der Waals surface area contributed by atoms with Gasteiger partial charge in [0.15, 0.2) is 49.5 Å². The van der Waals surface area contributed by atoms with Crippen LogP contribution >= 0.6 is 0 Å². The van der Waals surface area contributed by atoms with E-state index >= 15 is 0 Å². The topological polar surface area (TPSA) is 134 Å². The molecular formula is C32H17F15O12. The molecule has 6 atom stereocenters. The lowest BCUT2D eigenvalue weighted by molar-refractivity contribution is -0.352. The van der Waals surface area contributed by atoms with Crippen LogP contribution in [0.2, 0.25) is 0 Å². The summed E-state index contributed by atoms with van der Waals surface area (Å²) in [5, 5.41) is 0. The van der Waals surface area contributed by atoms with Crippen LogP contribution in [0.15, 0.2) is 0 Å². The minimum atomic E-state index is -2.63. The number of carbonyl (C=O) groups is 3. The summed E-state index contributed by atoms with van der Waals surface area (Å²) < 4.78 is 251. The van der Waals surface area contributed by atoms with Gasteiger partial charge in [0.25, 0.3) is 0 Å². The number of carbonyl (C=O) groups excluding carboxylic acids is 3. The zero-order valence-corrected chi connectivity index (χ0v) is 28.4. The molecule has 0 spiro atoms. The summed E-state index contributed by atoms with van der Waals surface area (Å²) in [6, 6.07) is 0. The molecule has 5 rings (SSSR count). The van der Waals surface area contributed by atoms with Crippen molar-refractivity contribution >= 4 is 17.9 Å². The van der Waals surface area contributed by atoms with E-state index in [-0.39, 0.29) is 0 Å². The van der Waals surface area contributed by atoms with Crippen LogP contribution in [-0.4, -0.2) is 81.3 Å². The Morgan fingerprint density at radius 1 is 0.458 bits per heavy atom. The van der Waals surface area contributed by atoms with Crippen molar-refractivity contribution in [2.24, 2.45) is 0 Å². The largest absolute Gasteiger partial charge is 0.476 e. The lowest BCUT2D eigenvalue weighted by atomic mass is 9.97. The van der Waals surface area contributed by atoms with E-state index in [1.54, 1.807) is 0 Å². The predicted molar refractivity (Wildman–Crippen MR) is 150 cm³/mol. The first-order valence-electron chi connectivity index (χ1n) is 15.6. The summed E-state index contributed by atoms with van der Waals surface area (Å²) in [5.41, 5.74) is 0. The smallest absolute Gasteiger partial charge is 0.346 e. The summed E-state index contributed by atoms with van der Waals surface area (Å²) in [7, 11) is 0. The molecule has 0 aliphatic carbocycles. The van der Waals surface area contributed by atoms with E-state index in [9.17, 15) is 80.2 Å². The lowest BCUT2D eigenvalue weighted by Gasteiger charge is -2.47. The predicted octanol–water partition coefficient (Wildman–Crippen LogP) is 5.16. The lowest BCUT2D eigenvalue weighted by Crippen LogP contribution is -2.65. The maximum Gasteiger partial charge on any atom is 0.346 e. The maximum atomic E-state index is 14.2. The van der Waals surface area contributed by atoms with Crippen molar-refractivity contribution in [3.63, 3.8) is 0 Å². The van der Waals surface area contributed by atoms with Crippen molar-refractivity contribution in [3.8, 4) is 17.2 Å². The van der Waals surface area contributed by atoms with Gasteiger partial charge >= 0.3 is 17.9 Å². The Morgan fingerprint density at radius 2 is 0.763 bits per heavy atom. The Kier molecular flexibility index (Phi) is 13.3. The number of ether oxygens (including phenoxy) is 9. The number of rotatable bonds is 12. The molecule has 322 valence electrons. The molecule has 2 saturated heterocycles. The van der Waals surface area contributed by atoms with Gasteiger partial charge in [-0.1, -0.05) is 0 Å². The summed E-state index contributed by atoms with van der Waals surface area (Å²) in [6.07, 6.45) is -11.9. The van der Waals surface area contributed by atoms with Gasteiger partial charge in [-0.2, -0.15) is 26.3 Å². The van der Waals surface area contributed by atoms with Gasteiger partial charge in [0.1, 0.15) is 12.2 Å². The fraction of sp³-hybridized carbons (Fsp3) is 0.344. The van der Waals surface area contributed by atoms with Crippen LogP contribution in [-0.2, 0) is 42.8 Å². The number of hydrogen-bond donors (Lipinski definition) is 0. The van der Waals surface area contributed by atoms with Gasteiger partial charge in [0.2, 0.25) is 99.7 Å². The van der Waals surface area contributed by atoms with Gasteiger partial charge < -0.3 is 42.6 Å². The zero-order chi connectivity index (χ0) is 43.8. The Morgan fingerprint density at radius 3 is 1.12 bits per heavy atom. The SMILES string of the molecule is C[C@@H]1OC[C@H]2OC(OC(=O)COc3c(F)c(F)c(F)c(F)c3F)[C@H](OC(=O)COc3c(F)c(F)c(F)c(F)c3F)[C@@H](OC(=O)COc3c(F)c(F)c(F)c(F)c3F)[C@@H]2O1.